The van der Waals surface area contributed by atoms with Crippen molar-refractivity contribution in [3.63, 3.8) is 0 Å². The Labute approximate surface area is 94.7 Å². The van der Waals surface area contributed by atoms with Gasteiger partial charge in [-0.2, -0.15) is 0 Å². The molecule has 2 heteroatoms. The molecule has 1 aromatic rings. The Hall–Kier alpha value is -0.890. The van der Waals surface area contributed by atoms with E-state index in [9.17, 15) is 4.21 Å². The van der Waals surface area contributed by atoms with Crippen molar-refractivity contribution < 1.29 is 4.21 Å². The monoisotopic (exact) mass is 222 g/mol. The van der Waals surface area contributed by atoms with Crippen molar-refractivity contribution >= 4 is 16.9 Å². The summed E-state index contributed by atoms with van der Waals surface area (Å²) in [5.74, 6) is 1.61. The summed E-state index contributed by atoms with van der Waals surface area (Å²) in [4.78, 5) is 0. The van der Waals surface area contributed by atoms with E-state index in [1.807, 2.05) is 25.1 Å². The van der Waals surface area contributed by atoms with Gasteiger partial charge in [0.05, 0.1) is 0 Å². The first-order chi connectivity index (χ1) is 7.33. The largest absolute Gasteiger partial charge is 0.260 e. The molecule has 0 saturated heterocycles. The third-order valence-corrected chi connectivity index (χ3v) is 3.56. The fourth-order valence-electron chi connectivity index (χ4n) is 1.29. The summed E-state index contributed by atoms with van der Waals surface area (Å²) in [6.07, 6.45) is 6.31. The molecule has 0 aliphatic heterocycles. The third kappa shape index (κ3) is 5.53. The van der Waals surface area contributed by atoms with Gasteiger partial charge in [0.1, 0.15) is 0 Å². The van der Waals surface area contributed by atoms with Crippen LogP contribution in [-0.4, -0.2) is 15.7 Å². The van der Waals surface area contributed by atoms with Crippen molar-refractivity contribution in [2.24, 2.45) is 0 Å². The molecular weight excluding hydrogens is 204 g/mol. The van der Waals surface area contributed by atoms with Gasteiger partial charge >= 0.3 is 0 Å². The van der Waals surface area contributed by atoms with Crippen molar-refractivity contribution in [2.75, 3.05) is 11.5 Å². The fourth-order valence-corrected chi connectivity index (χ4v) is 2.07. The van der Waals surface area contributed by atoms with Crippen LogP contribution < -0.4 is 0 Å². The van der Waals surface area contributed by atoms with Crippen molar-refractivity contribution in [1.82, 2.24) is 0 Å². The SMILES string of the molecule is CCS(=O)CCC/C=C/c1ccccc1. The van der Waals surface area contributed by atoms with E-state index in [-0.39, 0.29) is 0 Å². The van der Waals surface area contributed by atoms with Crippen molar-refractivity contribution in [1.29, 1.82) is 0 Å². The zero-order chi connectivity index (χ0) is 10.9. The molecule has 0 N–H and O–H groups in total. The van der Waals surface area contributed by atoms with Gasteiger partial charge in [-0.05, 0) is 18.4 Å². The van der Waals surface area contributed by atoms with Gasteiger partial charge in [-0.25, -0.2) is 0 Å². The van der Waals surface area contributed by atoms with Gasteiger partial charge in [-0.1, -0.05) is 49.4 Å². The van der Waals surface area contributed by atoms with Crippen LogP contribution in [0.2, 0.25) is 0 Å². The Kier molecular flexibility index (Phi) is 6.02. The first kappa shape index (κ1) is 12.2. The lowest BCUT2D eigenvalue weighted by molar-refractivity contribution is 0.681. The molecule has 0 spiro atoms. The lowest BCUT2D eigenvalue weighted by Gasteiger charge is -1.95. The van der Waals surface area contributed by atoms with Gasteiger partial charge in [-0.3, -0.25) is 4.21 Å². The molecule has 1 rings (SSSR count). The molecule has 0 aliphatic carbocycles. The number of unbranched alkanes of at least 4 members (excludes halogenated alkanes) is 1. The lowest BCUT2D eigenvalue weighted by atomic mass is 10.2. The minimum absolute atomic E-state index is 0.609. The molecule has 0 radical (unpaired) electrons. The first-order valence-electron chi connectivity index (χ1n) is 5.39. The molecule has 0 aliphatic rings. The molecule has 0 fully saturated rings. The van der Waals surface area contributed by atoms with Crippen LogP contribution >= 0.6 is 0 Å². The molecule has 0 heterocycles. The predicted molar refractivity (Wildman–Crippen MR) is 68.3 cm³/mol. The molecule has 1 aromatic carbocycles. The smallest absolute Gasteiger partial charge is 0.0237 e. The number of rotatable bonds is 6. The lowest BCUT2D eigenvalue weighted by Crippen LogP contribution is -1.98. The summed E-state index contributed by atoms with van der Waals surface area (Å²) >= 11 is 0. The highest BCUT2D eigenvalue weighted by atomic mass is 32.2. The Bertz CT molecular complexity index is 317. The van der Waals surface area contributed by atoms with Crippen LogP contribution in [-0.2, 0) is 10.8 Å². The van der Waals surface area contributed by atoms with Gasteiger partial charge in [0.25, 0.3) is 0 Å². The van der Waals surface area contributed by atoms with Crippen LogP contribution in [0.1, 0.15) is 25.3 Å². The minimum atomic E-state index is -0.609. The van der Waals surface area contributed by atoms with Crippen LogP contribution in [0, 0.1) is 0 Å². The third-order valence-electron chi connectivity index (χ3n) is 2.17. The van der Waals surface area contributed by atoms with Crippen LogP contribution in [0.25, 0.3) is 6.08 Å². The number of benzene rings is 1. The van der Waals surface area contributed by atoms with Gasteiger partial charge in [-0.15, -0.1) is 0 Å². The molecule has 15 heavy (non-hydrogen) atoms. The summed E-state index contributed by atoms with van der Waals surface area (Å²) in [6, 6.07) is 10.3. The van der Waals surface area contributed by atoms with E-state index in [1.54, 1.807) is 0 Å². The highest BCUT2D eigenvalue weighted by Crippen LogP contribution is 2.03. The topological polar surface area (TPSA) is 17.1 Å². The van der Waals surface area contributed by atoms with Crippen LogP contribution in [0.5, 0.6) is 0 Å². The molecule has 0 aromatic heterocycles. The van der Waals surface area contributed by atoms with E-state index in [4.69, 9.17) is 0 Å². The van der Waals surface area contributed by atoms with E-state index in [0.29, 0.717) is 0 Å². The maximum absolute atomic E-state index is 11.1. The van der Waals surface area contributed by atoms with Crippen molar-refractivity contribution in [3.8, 4) is 0 Å². The van der Waals surface area contributed by atoms with Crippen molar-refractivity contribution in [2.45, 2.75) is 19.8 Å². The summed E-state index contributed by atoms with van der Waals surface area (Å²) in [5.41, 5.74) is 1.23. The quantitative estimate of drug-likeness (QED) is 0.675. The molecule has 1 unspecified atom stereocenters. The van der Waals surface area contributed by atoms with E-state index in [0.717, 1.165) is 24.3 Å². The Morgan fingerprint density at radius 3 is 2.67 bits per heavy atom. The number of hydrogen-bond acceptors (Lipinski definition) is 1. The first-order valence-corrected chi connectivity index (χ1v) is 6.88. The minimum Gasteiger partial charge on any atom is -0.260 e. The molecule has 0 saturated carbocycles. The number of allylic oxidation sites excluding steroid dienone is 1. The van der Waals surface area contributed by atoms with Gasteiger partial charge < -0.3 is 0 Å². The van der Waals surface area contributed by atoms with E-state index in [2.05, 4.69) is 24.3 Å². The van der Waals surface area contributed by atoms with Gasteiger partial charge in [0.15, 0.2) is 0 Å². The molecular formula is C13H18OS. The highest BCUT2D eigenvalue weighted by Gasteiger charge is 1.93. The molecule has 82 valence electrons. The van der Waals surface area contributed by atoms with Crippen LogP contribution in [0.15, 0.2) is 36.4 Å². The second kappa shape index (κ2) is 7.41. The van der Waals surface area contributed by atoms with Gasteiger partial charge in [0.2, 0.25) is 0 Å². The standard InChI is InChI=1S/C13H18OS/c1-2-15(14)12-8-4-7-11-13-9-5-3-6-10-13/h3,5-7,9-11H,2,4,8,12H2,1H3/b11-7+. The summed E-state index contributed by atoms with van der Waals surface area (Å²) in [5, 5.41) is 0. The zero-order valence-corrected chi connectivity index (χ0v) is 10.0. The molecule has 0 bridgehead atoms. The fraction of sp³-hybridized carbons (Fsp3) is 0.385. The molecule has 0 amide bonds. The average Bonchev–Trinajstić information content (AvgIpc) is 2.29. The van der Waals surface area contributed by atoms with Gasteiger partial charge in [0, 0.05) is 22.3 Å². The van der Waals surface area contributed by atoms with E-state index in [1.165, 1.54) is 5.56 Å². The maximum Gasteiger partial charge on any atom is 0.0237 e. The van der Waals surface area contributed by atoms with Crippen LogP contribution in [0.3, 0.4) is 0 Å². The normalized spacial score (nSPS) is 13.1. The number of hydrogen-bond donors (Lipinski definition) is 0. The second-order valence-corrected chi connectivity index (χ2v) is 5.25. The maximum atomic E-state index is 11.1. The van der Waals surface area contributed by atoms with E-state index < -0.39 is 10.8 Å². The van der Waals surface area contributed by atoms with E-state index >= 15 is 0 Å². The Balaban J connectivity index is 2.20. The summed E-state index contributed by atoms with van der Waals surface area (Å²) < 4.78 is 11.1. The Morgan fingerprint density at radius 2 is 2.00 bits per heavy atom. The summed E-state index contributed by atoms with van der Waals surface area (Å²) in [6.45, 7) is 1.97. The molecule has 1 nitrogen and oxygen atoms in total. The highest BCUT2D eigenvalue weighted by molar-refractivity contribution is 7.84. The predicted octanol–water partition coefficient (Wildman–Crippen LogP) is 3.25. The summed E-state index contributed by atoms with van der Waals surface area (Å²) in [7, 11) is -0.609. The Morgan fingerprint density at radius 1 is 1.27 bits per heavy atom. The molecule has 1 atom stereocenters. The average molecular weight is 222 g/mol. The zero-order valence-electron chi connectivity index (χ0n) is 9.19. The van der Waals surface area contributed by atoms with Crippen molar-refractivity contribution in [3.05, 3.63) is 42.0 Å². The second-order valence-electron chi connectivity index (χ2n) is 3.39. The van der Waals surface area contributed by atoms with Crippen LogP contribution in [0.4, 0.5) is 0 Å².